The lowest BCUT2D eigenvalue weighted by Crippen LogP contribution is -2.50. The fraction of sp³-hybridized carbons (Fsp3) is 0.733. The lowest BCUT2D eigenvalue weighted by molar-refractivity contribution is 0.0911. The molecule has 116 valence electrons. The summed E-state index contributed by atoms with van der Waals surface area (Å²) in [7, 11) is 0. The summed E-state index contributed by atoms with van der Waals surface area (Å²) in [6, 6.07) is 2.23. The monoisotopic (exact) mass is 292 g/mol. The van der Waals surface area contributed by atoms with E-state index in [0.717, 1.165) is 31.6 Å². The van der Waals surface area contributed by atoms with Crippen molar-refractivity contribution in [1.29, 1.82) is 0 Å². The van der Waals surface area contributed by atoms with Crippen LogP contribution in [-0.2, 0) is 11.2 Å². The first kappa shape index (κ1) is 14.5. The normalized spacial score (nSPS) is 26.3. The number of amides is 1. The highest BCUT2D eigenvalue weighted by molar-refractivity contribution is 5.92. The van der Waals surface area contributed by atoms with Gasteiger partial charge in [0.15, 0.2) is 0 Å². The van der Waals surface area contributed by atoms with Gasteiger partial charge < -0.3 is 10.1 Å². The van der Waals surface area contributed by atoms with Gasteiger partial charge in [-0.05, 0) is 38.4 Å². The van der Waals surface area contributed by atoms with E-state index in [1.54, 1.807) is 0 Å². The van der Waals surface area contributed by atoms with Crippen LogP contribution in [0.1, 0.15) is 42.4 Å². The van der Waals surface area contributed by atoms with Crippen LogP contribution in [0.15, 0.2) is 6.07 Å². The van der Waals surface area contributed by atoms with Gasteiger partial charge in [-0.2, -0.15) is 5.10 Å². The molecule has 2 aliphatic heterocycles. The zero-order valence-corrected chi connectivity index (χ0v) is 12.6. The van der Waals surface area contributed by atoms with Crippen LogP contribution in [0.5, 0.6) is 0 Å². The molecular weight excluding hydrogens is 268 g/mol. The van der Waals surface area contributed by atoms with Crippen molar-refractivity contribution >= 4 is 5.91 Å². The van der Waals surface area contributed by atoms with E-state index in [1.807, 2.05) is 6.07 Å². The maximum Gasteiger partial charge on any atom is 0.272 e. The van der Waals surface area contributed by atoms with Gasteiger partial charge >= 0.3 is 0 Å². The molecule has 0 radical (unpaired) electrons. The lowest BCUT2D eigenvalue weighted by Gasteiger charge is -2.27. The predicted molar refractivity (Wildman–Crippen MR) is 79.3 cm³/mol. The number of likely N-dealkylation sites (tertiary alicyclic amines) is 1. The number of hydrogen-bond donors (Lipinski definition) is 2. The molecule has 0 saturated carbocycles. The van der Waals surface area contributed by atoms with Gasteiger partial charge in [-0.25, -0.2) is 0 Å². The maximum absolute atomic E-state index is 12.3. The molecule has 2 aliphatic rings. The largest absolute Gasteiger partial charge is 0.378 e. The van der Waals surface area contributed by atoms with Crippen LogP contribution < -0.4 is 5.32 Å². The van der Waals surface area contributed by atoms with E-state index < -0.39 is 0 Å². The third-order valence-electron chi connectivity index (χ3n) is 4.36. The third-order valence-corrected chi connectivity index (χ3v) is 4.36. The molecule has 2 fully saturated rings. The smallest absolute Gasteiger partial charge is 0.272 e. The summed E-state index contributed by atoms with van der Waals surface area (Å²) in [6.45, 7) is 5.65. The summed E-state index contributed by atoms with van der Waals surface area (Å²) >= 11 is 0. The zero-order valence-electron chi connectivity index (χ0n) is 12.6. The molecule has 0 bridgehead atoms. The van der Waals surface area contributed by atoms with E-state index in [4.69, 9.17) is 4.74 Å². The number of aromatic nitrogens is 2. The summed E-state index contributed by atoms with van der Waals surface area (Å²) in [6.07, 6.45) is 4.45. The number of hydrogen-bond acceptors (Lipinski definition) is 4. The van der Waals surface area contributed by atoms with Crippen molar-refractivity contribution in [2.75, 3.05) is 26.3 Å². The molecule has 3 heterocycles. The number of H-pyrrole nitrogens is 1. The van der Waals surface area contributed by atoms with Gasteiger partial charge in [-0.15, -0.1) is 0 Å². The van der Waals surface area contributed by atoms with Gasteiger partial charge in [0, 0.05) is 5.69 Å². The second-order valence-electron chi connectivity index (χ2n) is 5.96. The van der Waals surface area contributed by atoms with Gasteiger partial charge in [0.05, 0.1) is 25.3 Å². The van der Waals surface area contributed by atoms with Gasteiger partial charge in [0.25, 0.3) is 5.91 Å². The first-order valence-corrected chi connectivity index (χ1v) is 7.95. The molecule has 1 aromatic rings. The second-order valence-corrected chi connectivity index (χ2v) is 5.96. The SMILES string of the molecule is CCCc1cc(C(=O)N[C@H]2COC[C@@H]2N2CCCC2)n[nH]1. The fourth-order valence-corrected chi connectivity index (χ4v) is 3.23. The number of nitrogens with zero attached hydrogens (tertiary/aromatic N) is 2. The Bertz CT molecular complexity index is 482. The molecule has 2 saturated heterocycles. The number of ether oxygens (including phenoxy) is 1. The van der Waals surface area contributed by atoms with Crippen molar-refractivity contribution in [3.63, 3.8) is 0 Å². The average Bonchev–Trinajstić information content (AvgIpc) is 3.19. The highest BCUT2D eigenvalue weighted by Crippen LogP contribution is 2.19. The molecule has 0 unspecified atom stereocenters. The van der Waals surface area contributed by atoms with E-state index >= 15 is 0 Å². The highest BCUT2D eigenvalue weighted by atomic mass is 16.5. The van der Waals surface area contributed by atoms with Gasteiger partial charge in [-0.3, -0.25) is 14.8 Å². The molecule has 21 heavy (non-hydrogen) atoms. The number of carbonyl (C=O) groups is 1. The molecule has 1 amide bonds. The fourth-order valence-electron chi connectivity index (χ4n) is 3.23. The first-order chi connectivity index (χ1) is 10.3. The molecule has 6 nitrogen and oxygen atoms in total. The van der Waals surface area contributed by atoms with Crippen molar-refractivity contribution in [2.24, 2.45) is 0 Å². The summed E-state index contributed by atoms with van der Waals surface area (Å²) < 4.78 is 5.58. The third kappa shape index (κ3) is 3.27. The Morgan fingerprint density at radius 3 is 3.05 bits per heavy atom. The molecule has 0 aromatic carbocycles. The Labute approximate surface area is 125 Å². The molecule has 0 aliphatic carbocycles. The predicted octanol–water partition coefficient (Wildman–Crippen LogP) is 0.955. The van der Waals surface area contributed by atoms with Crippen molar-refractivity contribution in [3.8, 4) is 0 Å². The molecular formula is C15H24N4O2. The minimum Gasteiger partial charge on any atom is -0.378 e. The maximum atomic E-state index is 12.3. The standard InChI is InChI=1S/C15H24N4O2/c1-2-5-11-8-12(18-17-11)15(20)16-13-9-21-10-14(13)19-6-3-4-7-19/h8,13-14H,2-7,9-10H2,1H3,(H,16,20)(H,17,18)/t13-,14-/m0/s1. The van der Waals surface area contributed by atoms with E-state index in [9.17, 15) is 4.79 Å². The van der Waals surface area contributed by atoms with E-state index in [0.29, 0.717) is 24.9 Å². The number of nitrogens with one attached hydrogen (secondary N) is 2. The Kier molecular flexibility index (Phi) is 4.55. The molecule has 0 spiro atoms. The van der Waals surface area contributed by atoms with Crippen LogP contribution in [0, 0.1) is 0 Å². The van der Waals surface area contributed by atoms with Gasteiger partial charge in [0.2, 0.25) is 0 Å². The van der Waals surface area contributed by atoms with Crippen molar-refractivity contribution < 1.29 is 9.53 Å². The lowest BCUT2D eigenvalue weighted by atomic mass is 10.1. The highest BCUT2D eigenvalue weighted by Gasteiger charge is 2.35. The summed E-state index contributed by atoms with van der Waals surface area (Å²) in [5.74, 6) is -0.103. The van der Waals surface area contributed by atoms with Crippen LogP contribution in [-0.4, -0.2) is 59.4 Å². The topological polar surface area (TPSA) is 70.2 Å². The summed E-state index contributed by atoms with van der Waals surface area (Å²) in [5.41, 5.74) is 1.49. The van der Waals surface area contributed by atoms with Crippen LogP contribution in [0.4, 0.5) is 0 Å². The van der Waals surface area contributed by atoms with E-state index in [1.165, 1.54) is 12.8 Å². The number of aryl methyl sites for hydroxylation is 1. The minimum atomic E-state index is -0.103. The molecule has 2 atom stereocenters. The number of rotatable bonds is 5. The first-order valence-electron chi connectivity index (χ1n) is 7.95. The molecule has 2 N–H and O–H groups in total. The zero-order chi connectivity index (χ0) is 14.7. The minimum absolute atomic E-state index is 0.0712. The molecule has 6 heteroatoms. The van der Waals surface area contributed by atoms with Crippen molar-refractivity contribution in [1.82, 2.24) is 20.4 Å². The van der Waals surface area contributed by atoms with Gasteiger partial charge in [0.1, 0.15) is 5.69 Å². The second kappa shape index (κ2) is 6.58. The van der Waals surface area contributed by atoms with Gasteiger partial charge in [-0.1, -0.05) is 13.3 Å². The van der Waals surface area contributed by atoms with E-state index in [-0.39, 0.29) is 11.9 Å². The van der Waals surface area contributed by atoms with Crippen LogP contribution in [0.2, 0.25) is 0 Å². The van der Waals surface area contributed by atoms with E-state index in [2.05, 4.69) is 27.3 Å². The Morgan fingerprint density at radius 2 is 2.29 bits per heavy atom. The van der Waals surface area contributed by atoms with Crippen molar-refractivity contribution in [2.45, 2.75) is 44.7 Å². The number of aromatic amines is 1. The Balaban J connectivity index is 1.60. The Morgan fingerprint density at radius 1 is 1.48 bits per heavy atom. The molecule has 1 aromatic heterocycles. The molecule has 3 rings (SSSR count). The number of carbonyl (C=O) groups excluding carboxylic acids is 1. The summed E-state index contributed by atoms with van der Waals surface area (Å²) in [4.78, 5) is 14.7. The quantitative estimate of drug-likeness (QED) is 0.848. The Hall–Kier alpha value is -1.40. The summed E-state index contributed by atoms with van der Waals surface area (Å²) in [5, 5.41) is 10.1. The average molecular weight is 292 g/mol. The van der Waals surface area contributed by atoms with Crippen LogP contribution in [0.3, 0.4) is 0 Å². The van der Waals surface area contributed by atoms with Crippen LogP contribution >= 0.6 is 0 Å². The van der Waals surface area contributed by atoms with Crippen molar-refractivity contribution in [3.05, 3.63) is 17.5 Å². The van der Waals surface area contributed by atoms with Crippen LogP contribution in [0.25, 0.3) is 0 Å².